The lowest BCUT2D eigenvalue weighted by Crippen LogP contribution is -2.34. The molecule has 0 atom stereocenters. The van der Waals surface area contributed by atoms with E-state index in [4.69, 9.17) is 0 Å². The summed E-state index contributed by atoms with van der Waals surface area (Å²) in [5, 5.41) is 3.09. The number of nitrogens with zero attached hydrogens (tertiary/aromatic N) is 1. The van der Waals surface area contributed by atoms with Crippen LogP contribution in [0.3, 0.4) is 0 Å². The molecule has 0 aliphatic carbocycles. The molecule has 0 saturated carbocycles. The highest BCUT2D eigenvalue weighted by Crippen LogP contribution is 1.91. The van der Waals surface area contributed by atoms with E-state index in [1.807, 2.05) is 27.9 Å². The van der Waals surface area contributed by atoms with Crippen molar-refractivity contribution in [3.63, 3.8) is 0 Å². The summed E-state index contributed by atoms with van der Waals surface area (Å²) in [5.41, 5.74) is 0. The van der Waals surface area contributed by atoms with Gasteiger partial charge in [0.2, 0.25) is 10.0 Å². The molecule has 17 heavy (non-hydrogen) atoms. The molecule has 104 valence electrons. The highest BCUT2D eigenvalue weighted by Gasteiger charge is 2.08. The van der Waals surface area contributed by atoms with Crippen LogP contribution in [0.2, 0.25) is 0 Å². The fraction of sp³-hybridized carbons (Fsp3) is 1.00. The molecule has 0 saturated heterocycles. The van der Waals surface area contributed by atoms with E-state index in [1.54, 1.807) is 0 Å². The summed E-state index contributed by atoms with van der Waals surface area (Å²) in [6, 6.07) is 0.324. The van der Waals surface area contributed by atoms with Gasteiger partial charge in [-0.15, -0.1) is 0 Å². The van der Waals surface area contributed by atoms with E-state index < -0.39 is 10.0 Å². The minimum absolute atomic E-state index is 0.152. The van der Waals surface area contributed by atoms with Crippen molar-refractivity contribution in [1.29, 1.82) is 0 Å². The van der Waals surface area contributed by atoms with Gasteiger partial charge in [0.15, 0.2) is 0 Å². The second kappa shape index (κ2) is 8.85. The summed E-state index contributed by atoms with van der Waals surface area (Å²) in [6.07, 6.45) is 1.90. The lowest BCUT2D eigenvalue weighted by molar-refractivity contribution is 0.394. The van der Waals surface area contributed by atoms with E-state index in [-0.39, 0.29) is 5.75 Å². The highest BCUT2D eigenvalue weighted by molar-refractivity contribution is 7.89. The van der Waals surface area contributed by atoms with Crippen LogP contribution in [0.25, 0.3) is 0 Å². The molecule has 6 heteroatoms. The number of sulfonamides is 1. The van der Waals surface area contributed by atoms with Crippen LogP contribution in [0, 0.1) is 0 Å². The van der Waals surface area contributed by atoms with Crippen molar-refractivity contribution in [3.8, 4) is 0 Å². The fourth-order valence-corrected chi connectivity index (χ4v) is 2.32. The predicted octanol–water partition coefficient (Wildman–Crippen LogP) is 0.246. The average Bonchev–Trinajstić information content (AvgIpc) is 2.15. The molecule has 0 aliphatic rings. The monoisotopic (exact) mass is 265 g/mol. The van der Waals surface area contributed by atoms with Gasteiger partial charge in [-0.2, -0.15) is 0 Å². The van der Waals surface area contributed by atoms with Crippen LogP contribution >= 0.6 is 0 Å². The molecular formula is C11H27N3O2S. The third-order valence-electron chi connectivity index (χ3n) is 2.28. The number of hydrogen-bond donors (Lipinski definition) is 2. The lowest BCUT2D eigenvalue weighted by atomic mass is 10.3. The summed E-state index contributed by atoms with van der Waals surface area (Å²) in [5.74, 6) is 0.152. The molecule has 0 unspecified atom stereocenters. The first-order chi connectivity index (χ1) is 7.83. The standard InChI is InChI=1S/C11H27N3O2S/c1-11(2)12-8-10-17(15,16)13-7-5-6-9-14(3)4/h11-13H,5-10H2,1-4H3. The number of hydrogen-bond acceptors (Lipinski definition) is 4. The van der Waals surface area contributed by atoms with Crippen LogP contribution in [0.4, 0.5) is 0 Å². The van der Waals surface area contributed by atoms with Crippen molar-refractivity contribution in [2.75, 3.05) is 39.5 Å². The van der Waals surface area contributed by atoms with Gasteiger partial charge in [0.25, 0.3) is 0 Å². The molecule has 0 bridgehead atoms. The van der Waals surface area contributed by atoms with Gasteiger partial charge in [-0.1, -0.05) is 13.8 Å². The van der Waals surface area contributed by atoms with E-state index in [2.05, 4.69) is 14.9 Å². The summed E-state index contributed by atoms with van der Waals surface area (Å²) in [4.78, 5) is 2.10. The minimum Gasteiger partial charge on any atom is -0.313 e. The van der Waals surface area contributed by atoms with Gasteiger partial charge in [-0.05, 0) is 33.5 Å². The zero-order valence-corrected chi connectivity index (χ0v) is 12.3. The Kier molecular flexibility index (Phi) is 8.77. The van der Waals surface area contributed by atoms with Crippen molar-refractivity contribution in [2.24, 2.45) is 0 Å². The number of unbranched alkanes of at least 4 members (excludes halogenated alkanes) is 1. The smallest absolute Gasteiger partial charge is 0.212 e. The average molecular weight is 265 g/mol. The van der Waals surface area contributed by atoms with Gasteiger partial charge < -0.3 is 10.2 Å². The fourth-order valence-electron chi connectivity index (χ4n) is 1.33. The van der Waals surface area contributed by atoms with Crippen molar-refractivity contribution < 1.29 is 8.42 Å². The molecule has 0 aromatic heterocycles. The van der Waals surface area contributed by atoms with Gasteiger partial charge in [0.1, 0.15) is 0 Å². The third-order valence-corrected chi connectivity index (χ3v) is 3.66. The van der Waals surface area contributed by atoms with Crippen LogP contribution in [-0.4, -0.2) is 58.8 Å². The summed E-state index contributed by atoms with van der Waals surface area (Å²) >= 11 is 0. The quantitative estimate of drug-likeness (QED) is 0.556. The molecule has 0 amide bonds. The summed E-state index contributed by atoms with van der Waals surface area (Å²) < 4.78 is 25.7. The predicted molar refractivity (Wildman–Crippen MR) is 72.7 cm³/mol. The third kappa shape index (κ3) is 12.1. The summed E-state index contributed by atoms with van der Waals surface area (Å²) in [7, 11) is 0.927. The van der Waals surface area contributed by atoms with Crippen molar-refractivity contribution in [1.82, 2.24) is 14.9 Å². The Morgan fingerprint density at radius 3 is 2.29 bits per heavy atom. The zero-order valence-electron chi connectivity index (χ0n) is 11.5. The number of nitrogens with one attached hydrogen (secondary N) is 2. The SMILES string of the molecule is CC(C)NCCS(=O)(=O)NCCCCN(C)C. The van der Waals surface area contributed by atoms with Crippen LogP contribution in [0.15, 0.2) is 0 Å². The van der Waals surface area contributed by atoms with E-state index in [1.165, 1.54) is 0 Å². The molecule has 0 aliphatic heterocycles. The maximum atomic E-state index is 11.5. The summed E-state index contributed by atoms with van der Waals surface area (Å²) in [6.45, 7) is 6.04. The van der Waals surface area contributed by atoms with Crippen molar-refractivity contribution >= 4 is 10.0 Å². The second-order valence-electron chi connectivity index (χ2n) is 4.83. The van der Waals surface area contributed by atoms with E-state index >= 15 is 0 Å². The van der Waals surface area contributed by atoms with E-state index in [0.29, 0.717) is 19.1 Å². The van der Waals surface area contributed by atoms with Crippen LogP contribution in [-0.2, 0) is 10.0 Å². The molecule has 0 heterocycles. The first kappa shape index (κ1) is 16.8. The maximum absolute atomic E-state index is 11.5. The van der Waals surface area contributed by atoms with E-state index in [0.717, 1.165) is 19.4 Å². The van der Waals surface area contributed by atoms with Crippen LogP contribution in [0.5, 0.6) is 0 Å². The zero-order chi connectivity index (χ0) is 13.3. The Hall–Kier alpha value is -0.170. The topological polar surface area (TPSA) is 61.4 Å². The Morgan fingerprint density at radius 2 is 1.76 bits per heavy atom. The lowest BCUT2D eigenvalue weighted by Gasteiger charge is -2.11. The molecule has 5 nitrogen and oxygen atoms in total. The molecule has 0 rings (SSSR count). The molecule has 0 spiro atoms. The molecule has 0 radical (unpaired) electrons. The van der Waals surface area contributed by atoms with Crippen LogP contribution in [0.1, 0.15) is 26.7 Å². The Labute approximate surface area is 106 Å². The molecule has 0 aromatic rings. The molecule has 0 fully saturated rings. The van der Waals surface area contributed by atoms with Crippen molar-refractivity contribution in [3.05, 3.63) is 0 Å². The number of rotatable bonds is 10. The Morgan fingerprint density at radius 1 is 1.12 bits per heavy atom. The molecule has 2 N–H and O–H groups in total. The largest absolute Gasteiger partial charge is 0.313 e. The first-order valence-corrected chi connectivity index (χ1v) is 7.84. The van der Waals surface area contributed by atoms with Gasteiger partial charge in [-0.25, -0.2) is 13.1 Å². The van der Waals surface area contributed by atoms with Gasteiger partial charge >= 0.3 is 0 Å². The second-order valence-corrected chi connectivity index (χ2v) is 6.76. The van der Waals surface area contributed by atoms with E-state index in [9.17, 15) is 8.42 Å². The highest BCUT2D eigenvalue weighted by atomic mass is 32.2. The van der Waals surface area contributed by atoms with Gasteiger partial charge in [-0.3, -0.25) is 0 Å². The van der Waals surface area contributed by atoms with Crippen LogP contribution < -0.4 is 10.0 Å². The molecular weight excluding hydrogens is 238 g/mol. The molecule has 0 aromatic carbocycles. The normalized spacial score (nSPS) is 12.6. The first-order valence-electron chi connectivity index (χ1n) is 6.19. The van der Waals surface area contributed by atoms with Gasteiger partial charge in [0, 0.05) is 19.1 Å². The maximum Gasteiger partial charge on any atom is 0.212 e. The van der Waals surface area contributed by atoms with Gasteiger partial charge in [0.05, 0.1) is 5.75 Å². The Bertz CT molecular complexity index is 276. The van der Waals surface area contributed by atoms with Crippen molar-refractivity contribution in [2.45, 2.75) is 32.7 Å². The minimum atomic E-state index is -3.10. The Balaban J connectivity index is 3.57.